The van der Waals surface area contributed by atoms with Gasteiger partial charge in [-0.2, -0.15) is 0 Å². The zero-order chi connectivity index (χ0) is 14.8. The Balaban J connectivity index is 1.92. The van der Waals surface area contributed by atoms with Crippen LogP contribution in [0.15, 0.2) is 59.1 Å². The molecule has 0 atom stereocenters. The van der Waals surface area contributed by atoms with Crippen LogP contribution in [0.2, 0.25) is 0 Å². The first-order valence-corrected chi connectivity index (χ1v) is 7.29. The quantitative estimate of drug-likeness (QED) is 0.660. The van der Waals surface area contributed by atoms with Crippen molar-refractivity contribution in [3.63, 3.8) is 0 Å². The van der Waals surface area contributed by atoms with Crippen LogP contribution in [0.5, 0.6) is 0 Å². The summed E-state index contributed by atoms with van der Waals surface area (Å²) in [5.74, 6) is -0.848. The van der Waals surface area contributed by atoms with Crippen LogP contribution in [0.4, 0.5) is 14.5 Å². The van der Waals surface area contributed by atoms with Gasteiger partial charge in [0.05, 0.1) is 0 Å². The van der Waals surface area contributed by atoms with Gasteiger partial charge in [0, 0.05) is 27.7 Å². The minimum Gasteiger partial charge on any atom is -0.380 e. The maximum atomic E-state index is 13.6. The molecule has 0 aromatic heterocycles. The Morgan fingerprint density at radius 3 is 2.48 bits per heavy atom. The molecule has 0 saturated carbocycles. The van der Waals surface area contributed by atoms with E-state index >= 15 is 0 Å². The van der Waals surface area contributed by atoms with E-state index in [4.69, 9.17) is 0 Å². The highest BCUT2D eigenvalue weighted by molar-refractivity contribution is 9.10. The Morgan fingerprint density at radius 1 is 0.905 bits per heavy atom. The van der Waals surface area contributed by atoms with Crippen molar-refractivity contribution in [1.82, 2.24) is 0 Å². The molecular formula is C17H12BrF2N. The average Bonchev–Trinajstić information content (AvgIpc) is 2.50. The van der Waals surface area contributed by atoms with Crippen molar-refractivity contribution in [1.29, 1.82) is 0 Å². The molecular weight excluding hydrogens is 336 g/mol. The number of rotatable bonds is 3. The van der Waals surface area contributed by atoms with Crippen LogP contribution in [0.25, 0.3) is 10.8 Å². The van der Waals surface area contributed by atoms with Gasteiger partial charge in [0.25, 0.3) is 0 Å². The van der Waals surface area contributed by atoms with E-state index in [1.54, 1.807) is 0 Å². The molecule has 3 aromatic rings. The van der Waals surface area contributed by atoms with Crippen LogP contribution in [-0.2, 0) is 6.54 Å². The first kappa shape index (κ1) is 14.0. The van der Waals surface area contributed by atoms with E-state index in [0.717, 1.165) is 33.1 Å². The van der Waals surface area contributed by atoms with Crippen molar-refractivity contribution in [2.75, 3.05) is 5.32 Å². The number of halogens is 3. The first-order valence-electron chi connectivity index (χ1n) is 6.50. The van der Waals surface area contributed by atoms with Crippen molar-refractivity contribution < 1.29 is 8.78 Å². The lowest BCUT2D eigenvalue weighted by Gasteiger charge is -2.11. The molecule has 0 unspecified atom stereocenters. The van der Waals surface area contributed by atoms with Crippen LogP contribution in [0.3, 0.4) is 0 Å². The molecule has 0 aliphatic heterocycles. The third-order valence-corrected chi connectivity index (χ3v) is 4.04. The third-order valence-electron chi connectivity index (χ3n) is 3.35. The zero-order valence-corrected chi connectivity index (χ0v) is 12.6. The van der Waals surface area contributed by atoms with Crippen LogP contribution >= 0.6 is 15.9 Å². The molecule has 0 spiro atoms. The van der Waals surface area contributed by atoms with Crippen LogP contribution in [-0.4, -0.2) is 0 Å². The lowest BCUT2D eigenvalue weighted by atomic mass is 10.1. The summed E-state index contributed by atoms with van der Waals surface area (Å²) >= 11 is 3.51. The second-order valence-electron chi connectivity index (χ2n) is 4.73. The number of benzene rings is 3. The van der Waals surface area contributed by atoms with Crippen molar-refractivity contribution in [2.45, 2.75) is 6.54 Å². The number of hydrogen-bond donors (Lipinski definition) is 1. The zero-order valence-electron chi connectivity index (χ0n) is 11.0. The van der Waals surface area contributed by atoms with Crippen molar-refractivity contribution in [2.24, 2.45) is 0 Å². The van der Waals surface area contributed by atoms with E-state index in [9.17, 15) is 8.78 Å². The summed E-state index contributed by atoms with van der Waals surface area (Å²) in [5.41, 5.74) is 1.19. The van der Waals surface area contributed by atoms with Gasteiger partial charge in [-0.3, -0.25) is 0 Å². The van der Waals surface area contributed by atoms with E-state index in [1.165, 1.54) is 6.07 Å². The molecule has 106 valence electrons. The highest BCUT2D eigenvalue weighted by Gasteiger charge is 2.06. The van der Waals surface area contributed by atoms with E-state index < -0.39 is 11.6 Å². The topological polar surface area (TPSA) is 12.0 Å². The molecule has 0 heterocycles. The summed E-state index contributed by atoms with van der Waals surface area (Å²) in [4.78, 5) is 0. The van der Waals surface area contributed by atoms with Gasteiger partial charge in [-0.05, 0) is 35.7 Å². The monoisotopic (exact) mass is 347 g/mol. The Kier molecular flexibility index (Phi) is 3.88. The molecule has 0 bridgehead atoms. The molecule has 3 aromatic carbocycles. The Hall–Kier alpha value is -1.94. The highest BCUT2D eigenvalue weighted by Crippen LogP contribution is 2.30. The molecule has 3 rings (SSSR count). The lowest BCUT2D eigenvalue weighted by Crippen LogP contribution is -2.03. The number of hydrogen-bond acceptors (Lipinski definition) is 1. The summed E-state index contributed by atoms with van der Waals surface area (Å²) < 4.78 is 27.8. The SMILES string of the molecule is Fc1ccc(F)c(CNc2ccc(Br)c3ccccc23)c1. The molecule has 0 aliphatic rings. The van der Waals surface area contributed by atoms with Gasteiger partial charge < -0.3 is 5.32 Å². The summed E-state index contributed by atoms with van der Waals surface area (Å²) in [5, 5.41) is 5.27. The second-order valence-corrected chi connectivity index (χ2v) is 5.58. The van der Waals surface area contributed by atoms with E-state index in [2.05, 4.69) is 21.2 Å². The van der Waals surface area contributed by atoms with Gasteiger partial charge in [-0.15, -0.1) is 0 Å². The summed E-state index contributed by atoms with van der Waals surface area (Å²) in [6, 6.07) is 15.2. The van der Waals surface area contributed by atoms with Crippen molar-refractivity contribution in [3.8, 4) is 0 Å². The fraction of sp³-hybridized carbons (Fsp3) is 0.0588. The summed E-state index contributed by atoms with van der Waals surface area (Å²) in [6.07, 6.45) is 0. The van der Waals surface area contributed by atoms with E-state index in [-0.39, 0.29) is 6.54 Å². The van der Waals surface area contributed by atoms with Gasteiger partial charge in [0.2, 0.25) is 0 Å². The average molecular weight is 348 g/mol. The minimum absolute atomic E-state index is 0.231. The predicted octanol–water partition coefficient (Wildman–Crippen LogP) is 5.49. The van der Waals surface area contributed by atoms with Crippen LogP contribution < -0.4 is 5.32 Å². The maximum absolute atomic E-state index is 13.6. The molecule has 0 fully saturated rings. The Morgan fingerprint density at radius 2 is 1.67 bits per heavy atom. The van der Waals surface area contributed by atoms with E-state index in [1.807, 2.05) is 36.4 Å². The molecule has 0 saturated heterocycles. The van der Waals surface area contributed by atoms with Gasteiger partial charge in [0.1, 0.15) is 11.6 Å². The molecule has 21 heavy (non-hydrogen) atoms. The normalized spacial score (nSPS) is 10.8. The fourth-order valence-corrected chi connectivity index (χ4v) is 2.76. The van der Waals surface area contributed by atoms with Crippen molar-refractivity contribution >= 4 is 32.4 Å². The standard InChI is InChI=1S/C17H12BrF2N/c18-15-6-8-17(14-4-2-1-3-13(14)15)21-10-11-9-12(19)5-7-16(11)20/h1-9,21H,10H2. The number of anilines is 1. The van der Waals surface area contributed by atoms with Gasteiger partial charge in [-0.25, -0.2) is 8.78 Å². The fourth-order valence-electron chi connectivity index (χ4n) is 2.29. The van der Waals surface area contributed by atoms with E-state index in [0.29, 0.717) is 5.56 Å². The molecule has 1 N–H and O–H groups in total. The second kappa shape index (κ2) is 5.82. The Labute approximate surface area is 129 Å². The van der Waals surface area contributed by atoms with Crippen molar-refractivity contribution in [3.05, 3.63) is 76.3 Å². The lowest BCUT2D eigenvalue weighted by molar-refractivity contribution is 0.587. The maximum Gasteiger partial charge on any atom is 0.128 e. The predicted molar refractivity (Wildman–Crippen MR) is 85.3 cm³/mol. The number of fused-ring (bicyclic) bond motifs is 1. The van der Waals surface area contributed by atoms with Gasteiger partial charge in [0.15, 0.2) is 0 Å². The molecule has 0 amide bonds. The summed E-state index contributed by atoms with van der Waals surface area (Å²) in [7, 11) is 0. The molecule has 4 heteroatoms. The first-order chi connectivity index (χ1) is 10.1. The third kappa shape index (κ3) is 2.90. The van der Waals surface area contributed by atoms with Crippen LogP contribution in [0, 0.1) is 11.6 Å². The Bertz CT molecular complexity index is 802. The van der Waals surface area contributed by atoms with Gasteiger partial charge in [-0.1, -0.05) is 40.2 Å². The molecule has 0 aliphatic carbocycles. The summed E-state index contributed by atoms with van der Waals surface area (Å²) in [6.45, 7) is 0.231. The van der Waals surface area contributed by atoms with Gasteiger partial charge >= 0.3 is 0 Å². The van der Waals surface area contributed by atoms with Crippen LogP contribution in [0.1, 0.15) is 5.56 Å². The highest BCUT2D eigenvalue weighted by atomic mass is 79.9. The smallest absolute Gasteiger partial charge is 0.128 e. The number of nitrogens with one attached hydrogen (secondary N) is 1. The largest absolute Gasteiger partial charge is 0.380 e. The molecule has 0 radical (unpaired) electrons. The minimum atomic E-state index is -0.436. The molecule has 1 nitrogen and oxygen atoms in total.